The van der Waals surface area contributed by atoms with Crippen molar-refractivity contribution in [2.45, 2.75) is 31.8 Å². The zero-order valence-corrected chi connectivity index (χ0v) is 25.3. The molecule has 45 heavy (non-hydrogen) atoms. The second kappa shape index (κ2) is 13.3. The molecule has 0 aliphatic carbocycles. The van der Waals surface area contributed by atoms with Crippen molar-refractivity contribution in [1.82, 2.24) is 19.9 Å². The summed E-state index contributed by atoms with van der Waals surface area (Å²) in [7, 11) is 1.60. The van der Waals surface area contributed by atoms with E-state index in [-0.39, 0.29) is 23.7 Å². The van der Waals surface area contributed by atoms with Crippen molar-refractivity contribution in [1.29, 1.82) is 0 Å². The molecule has 11 nitrogen and oxygen atoms in total. The van der Waals surface area contributed by atoms with Gasteiger partial charge in [-0.15, -0.1) is 0 Å². The average Bonchev–Trinajstić information content (AvgIpc) is 3.06. The van der Waals surface area contributed by atoms with E-state index < -0.39 is 5.82 Å². The summed E-state index contributed by atoms with van der Waals surface area (Å²) in [5, 5.41) is 7.37. The molecule has 4 aromatic rings. The van der Waals surface area contributed by atoms with E-state index >= 15 is 4.39 Å². The first-order valence-electron chi connectivity index (χ1n) is 15.0. The Morgan fingerprint density at radius 3 is 2.64 bits per heavy atom. The molecule has 0 spiro atoms. The van der Waals surface area contributed by atoms with Gasteiger partial charge in [0.1, 0.15) is 41.0 Å². The van der Waals surface area contributed by atoms with E-state index in [0.717, 1.165) is 30.9 Å². The number of hydrogen-bond acceptors (Lipinski definition) is 10. The second-order valence-electron chi connectivity index (χ2n) is 11.1. The summed E-state index contributed by atoms with van der Waals surface area (Å²) in [6.45, 7) is 8.97. The molecule has 2 fully saturated rings. The highest BCUT2D eigenvalue weighted by molar-refractivity contribution is 5.95. The molecule has 234 valence electrons. The number of nitrogens with zero attached hydrogens (tertiary/aromatic N) is 5. The predicted molar refractivity (Wildman–Crippen MR) is 171 cm³/mol. The molecular weight excluding hydrogens is 577 g/mol. The molecule has 0 radical (unpaired) electrons. The molecule has 0 unspecified atom stereocenters. The highest BCUT2D eigenvalue weighted by Gasteiger charge is 2.23. The van der Waals surface area contributed by atoms with E-state index in [2.05, 4.69) is 44.0 Å². The van der Waals surface area contributed by atoms with Gasteiger partial charge >= 0.3 is 0 Å². The van der Waals surface area contributed by atoms with Crippen molar-refractivity contribution in [3.05, 3.63) is 73.5 Å². The van der Waals surface area contributed by atoms with Crippen LogP contribution in [0.2, 0.25) is 0 Å². The van der Waals surface area contributed by atoms with Crippen molar-refractivity contribution in [2.24, 2.45) is 0 Å². The Balaban J connectivity index is 1.18. The second-order valence-corrected chi connectivity index (χ2v) is 11.1. The normalized spacial score (nSPS) is 17.2. The van der Waals surface area contributed by atoms with E-state index in [9.17, 15) is 4.79 Å². The van der Waals surface area contributed by atoms with Crippen LogP contribution in [0.1, 0.15) is 19.8 Å². The first-order valence-corrected chi connectivity index (χ1v) is 15.0. The number of anilines is 4. The van der Waals surface area contributed by atoms with Crippen LogP contribution in [0.25, 0.3) is 10.9 Å². The van der Waals surface area contributed by atoms with Gasteiger partial charge in [-0.3, -0.25) is 4.79 Å². The quantitative estimate of drug-likeness (QED) is 0.234. The van der Waals surface area contributed by atoms with Gasteiger partial charge in [-0.05, 0) is 50.1 Å². The summed E-state index contributed by atoms with van der Waals surface area (Å²) in [5.74, 6) is 2.23. The number of benzene rings is 2. The SMILES string of the molecule is C=CC(=O)N1CCC(Nc2cc3c(Nc4ccc(Oc5ccnc(N6CCOC[C@@H]6C)c5)cc4F)ncnc3cc2OC)CC1. The van der Waals surface area contributed by atoms with Crippen LogP contribution < -0.4 is 25.0 Å². The fraction of sp³-hybridized carbons (Fsp3) is 0.333. The lowest BCUT2D eigenvalue weighted by Crippen LogP contribution is -2.44. The fourth-order valence-corrected chi connectivity index (χ4v) is 5.67. The smallest absolute Gasteiger partial charge is 0.245 e. The minimum atomic E-state index is -0.497. The number of halogens is 1. The molecule has 2 aliphatic rings. The van der Waals surface area contributed by atoms with Crippen LogP contribution in [0, 0.1) is 5.82 Å². The number of likely N-dealkylation sites (tertiary alicyclic amines) is 1. The number of methoxy groups -OCH3 is 1. The number of aromatic nitrogens is 3. The van der Waals surface area contributed by atoms with Crippen LogP contribution in [-0.2, 0) is 9.53 Å². The number of amides is 1. The van der Waals surface area contributed by atoms with E-state index in [4.69, 9.17) is 14.2 Å². The predicted octanol–water partition coefficient (Wildman–Crippen LogP) is 5.52. The zero-order chi connectivity index (χ0) is 31.3. The molecule has 2 aromatic heterocycles. The van der Waals surface area contributed by atoms with Gasteiger partial charge < -0.3 is 34.6 Å². The number of rotatable bonds is 9. The van der Waals surface area contributed by atoms with Gasteiger partial charge in [-0.2, -0.15) is 0 Å². The van der Waals surface area contributed by atoms with Crippen LogP contribution >= 0.6 is 0 Å². The summed E-state index contributed by atoms with van der Waals surface area (Å²) in [5.41, 5.74) is 1.65. The minimum absolute atomic E-state index is 0.0543. The molecule has 2 saturated heterocycles. The van der Waals surface area contributed by atoms with Crippen molar-refractivity contribution in [3.63, 3.8) is 0 Å². The summed E-state index contributed by atoms with van der Waals surface area (Å²) in [4.78, 5) is 29.2. The number of hydrogen-bond donors (Lipinski definition) is 2. The Hall–Kier alpha value is -4.97. The lowest BCUT2D eigenvalue weighted by Gasteiger charge is -2.34. The van der Waals surface area contributed by atoms with Gasteiger partial charge in [0.05, 0.1) is 43.3 Å². The Labute approximate surface area is 261 Å². The average molecular weight is 614 g/mol. The molecule has 2 aromatic carbocycles. The lowest BCUT2D eigenvalue weighted by atomic mass is 10.0. The molecule has 2 aliphatic heterocycles. The minimum Gasteiger partial charge on any atom is -0.495 e. The van der Waals surface area contributed by atoms with Gasteiger partial charge in [-0.25, -0.2) is 19.3 Å². The topological polar surface area (TPSA) is 114 Å². The van der Waals surface area contributed by atoms with Crippen LogP contribution in [0.15, 0.2) is 67.6 Å². The highest BCUT2D eigenvalue weighted by Crippen LogP contribution is 2.35. The number of piperidine rings is 1. The molecule has 12 heteroatoms. The van der Waals surface area contributed by atoms with E-state index in [1.807, 2.05) is 18.2 Å². The van der Waals surface area contributed by atoms with E-state index in [1.54, 1.807) is 36.4 Å². The molecule has 1 atom stereocenters. The Morgan fingerprint density at radius 2 is 1.89 bits per heavy atom. The summed E-state index contributed by atoms with van der Waals surface area (Å²) >= 11 is 0. The van der Waals surface area contributed by atoms with E-state index in [0.29, 0.717) is 60.3 Å². The Morgan fingerprint density at radius 1 is 1.07 bits per heavy atom. The van der Waals surface area contributed by atoms with Crippen LogP contribution in [0.4, 0.5) is 27.4 Å². The highest BCUT2D eigenvalue weighted by atomic mass is 19.1. The number of carbonyl (C=O) groups excluding carboxylic acids is 1. The Kier molecular flexibility index (Phi) is 8.92. The largest absolute Gasteiger partial charge is 0.495 e. The molecular formula is C33H36FN7O4. The summed E-state index contributed by atoms with van der Waals surface area (Å²) in [6, 6.07) is 12.3. The molecule has 2 N–H and O–H groups in total. The number of fused-ring (bicyclic) bond motifs is 1. The summed E-state index contributed by atoms with van der Waals surface area (Å²) in [6.07, 6.45) is 6.02. The molecule has 6 rings (SSSR count). The van der Waals surface area contributed by atoms with Crippen LogP contribution in [0.5, 0.6) is 17.2 Å². The lowest BCUT2D eigenvalue weighted by molar-refractivity contribution is -0.126. The molecule has 0 saturated carbocycles. The molecule has 4 heterocycles. The van der Waals surface area contributed by atoms with Gasteiger partial charge in [0, 0.05) is 55.5 Å². The standard InChI is InChI=1S/C33H36FN7O4/c1-4-32(42)40-11-8-22(9-12-40)38-29-17-25-28(18-30(29)43-3)36-20-37-33(25)39-27-6-5-23(15-26(27)34)45-24-7-10-35-31(16-24)41-13-14-44-19-21(41)2/h4-7,10,15-18,20-22,38H,1,8-9,11-14,19H2,2-3H3,(H,36,37,39)/t21-/m0/s1. The number of morpholine rings is 1. The van der Waals surface area contributed by atoms with Gasteiger partial charge in [-0.1, -0.05) is 6.58 Å². The molecule has 0 bridgehead atoms. The Bertz CT molecular complexity index is 1700. The number of ether oxygens (including phenoxy) is 3. The first-order chi connectivity index (χ1) is 21.9. The van der Waals surface area contributed by atoms with Gasteiger partial charge in [0.2, 0.25) is 5.91 Å². The zero-order valence-electron chi connectivity index (χ0n) is 25.3. The van der Waals surface area contributed by atoms with Crippen molar-refractivity contribution in [2.75, 3.05) is 55.5 Å². The number of nitrogens with one attached hydrogen (secondary N) is 2. The number of pyridine rings is 1. The van der Waals surface area contributed by atoms with Gasteiger partial charge in [0.15, 0.2) is 0 Å². The monoisotopic (exact) mass is 613 g/mol. The third-order valence-electron chi connectivity index (χ3n) is 8.11. The van der Waals surface area contributed by atoms with Crippen LogP contribution in [-0.4, -0.2) is 77.8 Å². The summed E-state index contributed by atoms with van der Waals surface area (Å²) < 4.78 is 32.6. The first kappa shape index (κ1) is 30.1. The maximum absolute atomic E-state index is 15.4. The van der Waals surface area contributed by atoms with Gasteiger partial charge in [0.25, 0.3) is 0 Å². The maximum Gasteiger partial charge on any atom is 0.245 e. The molecule has 1 amide bonds. The van der Waals surface area contributed by atoms with Crippen molar-refractivity contribution in [3.8, 4) is 17.2 Å². The van der Waals surface area contributed by atoms with Crippen molar-refractivity contribution >= 4 is 39.8 Å². The third-order valence-corrected chi connectivity index (χ3v) is 8.11. The van der Waals surface area contributed by atoms with Crippen LogP contribution in [0.3, 0.4) is 0 Å². The van der Waals surface area contributed by atoms with Crippen molar-refractivity contribution < 1.29 is 23.4 Å². The maximum atomic E-state index is 15.4. The number of carbonyl (C=O) groups is 1. The van der Waals surface area contributed by atoms with E-state index in [1.165, 1.54) is 18.5 Å². The fourth-order valence-electron chi connectivity index (χ4n) is 5.67. The third kappa shape index (κ3) is 6.75.